The zero-order chi connectivity index (χ0) is 21.2. The van der Waals surface area contributed by atoms with E-state index in [9.17, 15) is 9.59 Å². The fourth-order valence-electron chi connectivity index (χ4n) is 3.86. The Bertz CT molecular complexity index is 1000. The van der Waals surface area contributed by atoms with E-state index in [4.69, 9.17) is 18.9 Å². The summed E-state index contributed by atoms with van der Waals surface area (Å²) in [5, 5.41) is 2.70. The monoisotopic (exact) mass is 425 g/mol. The molecule has 2 aromatic carbocycles. The molecular formula is C22H23N3O6. The molecule has 162 valence electrons. The van der Waals surface area contributed by atoms with Gasteiger partial charge in [0.05, 0.1) is 0 Å². The van der Waals surface area contributed by atoms with Crippen molar-refractivity contribution in [2.45, 2.75) is 13.1 Å². The number of carbonyl (C=O) groups excluding carboxylic acids is 2. The van der Waals surface area contributed by atoms with Gasteiger partial charge < -0.3 is 29.2 Å². The number of nitrogens with one attached hydrogen (secondary N) is 1. The van der Waals surface area contributed by atoms with E-state index in [-0.39, 0.29) is 20.1 Å². The standard InChI is InChI=1S/C22H23N3O6/c26-21(23-11-15-1-3-17-19(9-15)30-13-28-17)22(27)25-7-5-24(6-8-25)12-16-2-4-18-20(10-16)31-14-29-18/h1-4,9-10H,5-8,11-14H2,(H,23,26). The summed E-state index contributed by atoms with van der Waals surface area (Å²) in [5.74, 6) is 1.78. The Balaban J connectivity index is 1.09. The zero-order valence-electron chi connectivity index (χ0n) is 17.0. The van der Waals surface area contributed by atoms with Crippen LogP contribution >= 0.6 is 0 Å². The van der Waals surface area contributed by atoms with Gasteiger partial charge in [-0.25, -0.2) is 0 Å². The summed E-state index contributed by atoms with van der Waals surface area (Å²) in [5.41, 5.74) is 1.98. The van der Waals surface area contributed by atoms with Crippen molar-refractivity contribution in [3.05, 3.63) is 47.5 Å². The Morgan fingerprint density at radius 1 is 0.774 bits per heavy atom. The lowest BCUT2D eigenvalue weighted by molar-refractivity contribution is -0.147. The molecule has 31 heavy (non-hydrogen) atoms. The third-order valence-corrected chi connectivity index (χ3v) is 5.59. The Kier molecular flexibility index (Phi) is 5.25. The Labute approximate surface area is 179 Å². The number of hydrogen-bond donors (Lipinski definition) is 1. The van der Waals surface area contributed by atoms with Crippen LogP contribution in [0, 0.1) is 0 Å². The van der Waals surface area contributed by atoms with E-state index in [1.807, 2.05) is 30.3 Å². The third-order valence-electron chi connectivity index (χ3n) is 5.59. The molecule has 2 aromatic rings. The molecular weight excluding hydrogens is 402 g/mol. The largest absolute Gasteiger partial charge is 0.454 e. The molecule has 0 unspecified atom stereocenters. The van der Waals surface area contributed by atoms with Crippen LogP contribution in [0.5, 0.6) is 23.0 Å². The normalized spacial score (nSPS) is 17.0. The van der Waals surface area contributed by atoms with Crippen LogP contribution in [-0.4, -0.2) is 61.4 Å². The minimum Gasteiger partial charge on any atom is -0.454 e. The van der Waals surface area contributed by atoms with Crippen molar-refractivity contribution in [1.82, 2.24) is 15.1 Å². The van der Waals surface area contributed by atoms with E-state index in [0.29, 0.717) is 37.7 Å². The average molecular weight is 425 g/mol. The highest BCUT2D eigenvalue weighted by atomic mass is 16.7. The number of ether oxygens (including phenoxy) is 4. The molecule has 9 heteroatoms. The Hall–Kier alpha value is -3.46. The SMILES string of the molecule is O=C(NCc1ccc2c(c1)OCO2)C(=O)N1CCN(Cc2ccc3c(c2)OCO3)CC1. The molecule has 1 saturated heterocycles. The highest BCUT2D eigenvalue weighted by Gasteiger charge is 2.26. The molecule has 0 aliphatic carbocycles. The van der Waals surface area contributed by atoms with Gasteiger partial charge in [-0.3, -0.25) is 14.5 Å². The molecule has 0 atom stereocenters. The average Bonchev–Trinajstić information content (AvgIpc) is 3.46. The van der Waals surface area contributed by atoms with Crippen molar-refractivity contribution < 1.29 is 28.5 Å². The maximum atomic E-state index is 12.5. The molecule has 0 radical (unpaired) electrons. The minimum absolute atomic E-state index is 0.199. The predicted molar refractivity (Wildman–Crippen MR) is 109 cm³/mol. The van der Waals surface area contributed by atoms with Gasteiger partial charge in [0, 0.05) is 39.3 Å². The predicted octanol–water partition coefficient (Wildman–Crippen LogP) is 1.10. The van der Waals surface area contributed by atoms with Crippen LogP contribution in [0.3, 0.4) is 0 Å². The number of hydrogen-bond acceptors (Lipinski definition) is 7. The van der Waals surface area contributed by atoms with E-state index >= 15 is 0 Å². The molecule has 1 fully saturated rings. The topological polar surface area (TPSA) is 89.6 Å². The Morgan fingerprint density at radius 2 is 1.35 bits per heavy atom. The van der Waals surface area contributed by atoms with Crippen molar-refractivity contribution >= 4 is 11.8 Å². The maximum absolute atomic E-state index is 12.5. The molecule has 3 heterocycles. The van der Waals surface area contributed by atoms with Gasteiger partial charge in [0.1, 0.15) is 0 Å². The summed E-state index contributed by atoms with van der Waals surface area (Å²) >= 11 is 0. The van der Waals surface area contributed by atoms with Gasteiger partial charge in [-0.05, 0) is 35.4 Å². The first-order valence-corrected chi connectivity index (χ1v) is 10.2. The molecule has 3 aliphatic heterocycles. The van der Waals surface area contributed by atoms with Gasteiger partial charge in [-0.1, -0.05) is 12.1 Å². The van der Waals surface area contributed by atoms with E-state index in [1.54, 1.807) is 11.0 Å². The first kappa shape index (κ1) is 19.5. The van der Waals surface area contributed by atoms with Crippen LogP contribution in [0.25, 0.3) is 0 Å². The van der Waals surface area contributed by atoms with Crippen LogP contribution < -0.4 is 24.3 Å². The summed E-state index contributed by atoms with van der Waals surface area (Å²) in [4.78, 5) is 28.7. The van der Waals surface area contributed by atoms with Crippen molar-refractivity contribution in [1.29, 1.82) is 0 Å². The molecule has 0 aromatic heterocycles. The van der Waals surface area contributed by atoms with Gasteiger partial charge >= 0.3 is 11.8 Å². The van der Waals surface area contributed by atoms with Gasteiger partial charge in [0.15, 0.2) is 23.0 Å². The quantitative estimate of drug-likeness (QED) is 0.734. The number of carbonyl (C=O) groups is 2. The minimum atomic E-state index is -0.595. The first-order chi connectivity index (χ1) is 15.2. The van der Waals surface area contributed by atoms with Gasteiger partial charge in [-0.2, -0.15) is 0 Å². The second-order valence-corrected chi connectivity index (χ2v) is 7.63. The smallest absolute Gasteiger partial charge is 0.311 e. The molecule has 0 bridgehead atoms. The summed E-state index contributed by atoms with van der Waals surface area (Å²) in [6.45, 7) is 3.91. The van der Waals surface area contributed by atoms with Crippen LogP contribution in [-0.2, 0) is 22.7 Å². The van der Waals surface area contributed by atoms with E-state index < -0.39 is 11.8 Å². The lowest BCUT2D eigenvalue weighted by Gasteiger charge is -2.34. The van der Waals surface area contributed by atoms with Crippen LogP contribution in [0.15, 0.2) is 36.4 Å². The lowest BCUT2D eigenvalue weighted by Crippen LogP contribution is -2.52. The van der Waals surface area contributed by atoms with Crippen molar-refractivity contribution in [2.24, 2.45) is 0 Å². The summed E-state index contributed by atoms with van der Waals surface area (Å²) < 4.78 is 21.4. The van der Waals surface area contributed by atoms with Crippen molar-refractivity contribution in [2.75, 3.05) is 39.8 Å². The molecule has 1 N–H and O–H groups in total. The van der Waals surface area contributed by atoms with E-state index in [0.717, 1.165) is 29.2 Å². The highest BCUT2D eigenvalue weighted by molar-refractivity contribution is 6.35. The highest BCUT2D eigenvalue weighted by Crippen LogP contribution is 2.33. The number of amides is 2. The number of benzene rings is 2. The molecule has 9 nitrogen and oxygen atoms in total. The lowest BCUT2D eigenvalue weighted by atomic mass is 10.1. The fourth-order valence-corrected chi connectivity index (χ4v) is 3.86. The van der Waals surface area contributed by atoms with Crippen LogP contribution in [0.4, 0.5) is 0 Å². The van der Waals surface area contributed by atoms with Gasteiger partial charge in [0.2, 0.25) is 13.6 Å². The number of fused-ring (bicyclic) bond motifs is 2. The third kappa shape index (κ3) is 4.22. The number of piperazine rings is 1. The second kappa shape index (κ2) is 8.35. The number of nitrogens with zero attached hydrogens (tertiary/aromatic N) is 2. The van der Waals surface area contributed by atoms with Gasteiger partial charge in [0.25, 0.3) is 0 Å². The van der Waals surface area contributed by atoms with Crippen molar-refractivity contribution in [3.8, 4) is 23.0 Å². The van der Waals surface area contributed by atoms with Crippen molar-refractivity contribution in [3.63, 3.8) is 0 Å². The van der Waals surface area contributed by atoms with Crippen LogP contribution in [0.1, 0.15) is 11.1 Å². The molecule has 3 aliphatic rings. The molecule has 5 rings (SSSR count). The second-order valence-electron chi connectivity index (χ2n) is 7.63. The maximum Gasteiger partial charge on any atom is 0.311 e. The first-order valence-electron chi connectivity index (χ1n) is 10.2. The van der Waals surface area contributed by atoms with E-state index in [1.165, 1.54) is 0 Å². The van der Waals surface area contributed by atoms with E-state index in [2.05, 4.69) is 10.2 Å². The molecule has 0 spiro atoms. The molecule has 0 saturated carbocycles. The zero-order valence-corrected chi connectivity index (χ0v) is 17.0. The summed E-state index contributed by atoms with van der Waals surface area (Å²) in [6, 6.07) is 11.4. The van der Waals surface area contributed by atoms with Crippen LogP contribution in [0.2, 0.25) is 0 Å². The summed E-state index contributed by atoms with van der Waals surface area (Å²) in [7, 11) is 0. The molecule has 2 amide bonds. The van der Waals surface area contributed by atoms with Gasteiger partial charge in [-0.15, -0.1) is 0 Å². The number of rotatable bonds is 4. The Morgan fingerprint density at radius 3 is 2.03 bits per heavy atom. The summed E-state index contributed by atoms with van der Waals surface area (Å²) in [6.07, 6.45) is 0. The fraction of sp³-hybridized carbons (Fsp3) is 0.364.